The van der Waals surface area contributed by atoms with Gasteiger partial charge in [0.25, 0.3) is 5.69 Å². The highest BCUT2D eigenvalue weighted by molar-refractivity contribution is 8.00. The maximum atomic E-state index is 12.6. The van der Waals surface area contributed by atoms with E-state index in [0.717, 1.165) is 10.5 Å². The largest absolute Gasteiger partial charge is 0.339 e. The standard InChI is InChI=1S/C20H23N3O4S/c1-4-22(15(3)24)13-16-7-5-6-8-19(16)21-20(25)14(2)28-18-11-9-17(10-12-18)23(26)27/h5-12,14H,4,13H2,1-3H3,(H,21,25). The fraction of sp³-hybridized carbons (Fsp3) is 0.300. The predicted octanol–water partition coefficient (Wildman–Crippen LogP) is 4.08. The van der Waals surface area contributed by atoms with Crippen molar-refractivity contribution in [2.45, 2.75) is 37.5 Å². The molecular formula is C20H23N3O4S. The number of nitro benzene ring substituents is 1. The Morgan fingerprint density at radius 2 is 1.82 bits per heavy atom. The molecule has 0 saturated carbocycles. The number of anilines is 1. The van der Waals surface area contributed by atoms with Crippen LogP contribution in [0.1, 0.15) is 26.3 Å². The van der Waals surface area contributed by atoms with Crippen LogP contribution in [0.25, 0.3) is 0 Å². The summed E-state index contributed by atoms with van der Waals surface area (Å²) in [5, 5.41) is 13.3. The Kier molecular flexibility index (Phi) is 7.57. The van der Waals surface area contributed by atoms with Crippen molar-refractivity contribution >= 4 is 35.0 Å². The van der Waals surface area contributed by atoms with Gasteiger partial charge in [-0.15, -0.1) is 11.8 Å². The maximum absolute atomic E-state index is 12.6. The summed E-state index contributed by atoms with van der Waals surface area (Å²) in [6.07, 6.45) is 0. The molecule has 0 aromatic heterocycles. The molecular weight excluding hydrogens is 378 g/mol. The molecule has 2 rings (SSSR count). The van der Waals surface area contributed by atoms with Crippen molar-refractivity contribution in [3.8, 4) is 0 Å². The van der Waals surface area contributed by atoms with Crippen molar-refractivity contribution in [2.75, 3.05) is 11.9 Å². The lowest BCUT2D eigenvalue weighted by molar-refractivity contribution is -0.384. The van der Waals surface area contributed by atoms with Crippen molar-refractivity contribution in [1.82, 2.24) is 4.90 Å². The van der Waals surface area contributed by atoms with E-state index < -0.39 is 10.2 Å². The summed E-state index contributed by atoms with van der Waals surface area (Å²) in [4.78, 5) is 37.0. The summed E-state index contributed by atoms with van der Waals surface area (Å²) in [5.41, 5.74) is 1.55. The van der Waals surface area contributed by atoms with Gasteiger partial charge in [-0.1, -0.05) is 18.2 Å². The summed E-state index contributed by atoms with van der Waals surface area (Å²) in [6.45, 7) is 6.22. The zero-order chi connectivity index (χ0) is 20.7. The SMILES string of the molecule is CCN(Cc1ccccc1NC(=O)C(C)Sc1ccc([N+](=O)[O-])cc1)C(C)=O. The average molecular weight is 401 g/mol. The van der Waals surface area contributed by atoms with E-state index in [4.69, 9.17) is 0 Å². The van der Waals surface area contributed by atoms with Gasteiger partial charge < -0.3 is 10.2 Å². The quantitative estimate of drug-likeness (QED) is 0.409. The zero-order valence-electron chi connectivity index (χ0n) is 16.0. The Hall–Kier alpha value is -2.87. The van der Waals surface area contributed by atoms with Crippen molar-refractivity contribution < 1.29 is 14.5 Å². The topological polar surface area (TPSA) is 92.6 Å². The van der Waals surface area contributed by atoms with Gasteiger partial charge in [0.2, 0.25) is 11.8 Å². The monoisotopic (exact) mass is 401 g/mol. The van der Waals surface area contributed by atoms with Crippen LogP contribution in [0.2, 0.25) is 0 Å². The minimum atomic E-state index is -0.456. The molecule has 2 amide bonds. The summed E-state index contributed by atoms with van der Waals surface area (Å²) >= 11 is 1.32. The molecule has 148 valence electrons. The first-order valence-electron chi connectivity index (χ1n) is 8.87. The molecule has 0 aliphatic heterocycles. The smallest absolute Gasteiger partial charge is 0.269 e. The van der Waals surface area contributed by atoms with E-state index in [1.54, 1.807) is 24.0 Å². The van der Waals surface area contributed by atoms with Crippen molar-refractivity contribution in [1.29, 1.82) is 0 Å². The van der Waals surface area contributed by atoms with Gasteiger partial charge >= 0.3 is 0 Å². The highest BCUT2D eigenvalue weighted by Crippen LogP contribution is 2.27. The minimum absolute atomic E-state index is 0.0151. The number of hydrogen-bond donors (Lipinski definition) is 1. The molecule has 1 unspecified atom stereocenters. The van der Waals surface area contributed by atoms with E-state index in [1.165, 1.54) is 30.8 Å². The van der Waals surface area contributed by atoms with Crippen LogP contribution in [0, 0.1) is 10.1 Å². The fourth-order valence-electron chi connectivity index (χ4n) is 2.57. The van der Waals surface area contributed by atoms with Crippen LogP contribution in [0.5, 0.6) is 0 Å². The van der Waals surface area contributed by atoms with Crippen molar-refractivity contribution in [2.24, 2.45) is 0 Å². The predicted molar refractivity (Wildman–Crippen MR) is 110 cm³/mol. The molecule has 0 saturated heterocycles. The molecule has 0 fully saturated rings. The van der Waals surface area contributed by atoms with E-state index in [1.807, 2.05) is 31.2 Å². The summed E-state index contributed by atoms with van der Waals surface area (Å²) in [7, 11) is 0. The van der Waals surface area contributed by atoms with Gasteiger partial charge in [-0.2, -0.15) is 0 Å². The second-order valence-electron chi connectivity index (χ2n) is 6.19. The summed E-state index contributed by atoms with van der Waals surface area (Å²) < 4.78 is 0. The molecule has 0 aliphatic carbocycles. The Bertz CT molecular complexity index is 855. The van der Waals surface area contributed by atoms with Crippen LogP contribution in [-0.2, 0) is 16.1 Å². The average Bonchev–Trinajstić information content (AvgIpc) is 2.67. The van der Waals surface area contributed by atoms with Gasteiger partial charge in [0.05, 0.1) is 10.2 Å². The molecule has 2 aromatic carbocycles. The van der Waals surface area contributed by atoms with Gasteiger partial charge in [0.15, 0.2) is 0 Å². The van der Waals surface area contributed by atoms with Gasteiger partial charge in [-0.3, -0.25) is 19.7 Å². The first-order valence-corrected chi connectivity index (χ1v) is 9.75. The van der Waals surface area contributed by atoms with Crippen molar-refractivity contribution in [3.05, 3.63) is 64.2 Å². The maximum Gasteiger partial charge on any atom is 0.269 e. The highest BCUT2D eigenvalue weighted by atomic mass is 32.2. The Morgan fingerprint density at radius 1 is 1.18 bits per heavy atom. The minimum Gasteiger partial charge on any atom is -0.339 e. The molecule has 7 nitrogen and oxygen atoms in total. The lowest BCUT2D eigenvalue weighted by Crippen LogP contribution is -2.29. The van der Waals surface area contributed by atoms with E-state index in [9.17, 15) is 19.7 Å². The molecule has 0 aliphatic rings. The summed E-state index contributed by atoms with van der Waals surface area (Å²) in [5.74, 6) is -0.201. The number of rotatable bonds is 8. The normalized spacial score (nSPS) is 11.5. The van der Waals surface area contributed by atoms with Gasteiger partial charge in [-0.05, 0) is 37.6 Å². The molecule has 1 N–H and O–H groups in total. The molecule has 1 atom stereocenters. The van der Waals surface area contributed by atoms with E-state index in [2.05, 4.69) is 5.32 Å². The molecule has 8 heteroatoms. The Labute approximate surface area is 168 Å². The zero-order valence-corrected chi connectivity index (χ0v) is 16.9. The number of nitro groups is 1. The molecule has 0 spiro atoms. The molecule has 2 aromatic rings. The third-order valence-corrected chi connectivity index (χ3v) is 5.31. The van der Waals surface area contributed by atoms with Crippen molar-refractivity contribution in [3.63, 3.8) is 0 Å². The van der Waals surface area contributed by atoms with E-state index in [-0.39, 0.29) is 17.5 Å². The van der Waals surface area contributed by atoms with E-state index in [0.29, 0.717) is 18.8 Å². The van der Waals surface area contributed by atoms with Gasteiger partial charge in [-0.25, -0.2) is 0 Å². The number of nitrogens with one attached hydrogen (secondary N) is 1. The second-order valence-corrected chi connectivity index (χ2v) is 7.60. The van der Waals surface area contributed by atoms with Crippen LogP contribution in [0.4, 0.5) is 11.4 Å². The highest BCUT2D eigenvalue weighted by Gasteiger charge is 2.17. The fourth-order valence-corrected chi connectivity index (χ4v) is 3.44. The first kappa shape index (κ1) is 21.4. The number of amides is 2. The first-order chi connectivity index (χ1) is 13.3. The number of hydrogen-bond acceptors (Lipinski definition) is 5. The lowest BCUT2D eigenvalue weighted by atomic mass is 10.1. The van der Waals surface area contributed by atoms with E-state index >= 15 is 0 Å². The third-order valence-electron chi connectivity index (χ3n) is 4.19. The molecule has 0 radical (unpaired) electrons. The van der Waals surface area contributed by atoms with Crippen LogP contribution in [0.3, 0.4) is 0 Å². The third kappa shape index (κ3) is 5.82. The second kappa shape index (κ2) is 9.89. The number of non-ortho nitro benzene ring substituents is 1. The Morgan fingerprint density at radius 3 is 2.39 bits per heavy atom. The molecule has 0 bridgehead atoms. The van der Waals surface area contributed by atoms with Crippen LogP contribution < -0.4 is 5.32 Å². The number of carbonyl (C=O) groups excluding carboxylic acids is 2. The number of para-hydroxylation sites is 1. The van der Waals surface area contributed by atoms with Crippen LogP contribution in [-0.4, -0.2) is 33.4 Å². The van der Waals surface area contributed by atoms with Crippen LogP contribution >= 0.6 is 11.8 Å². The number of benzene rings is 2. The number of thioether (sulfide) groups is 1. The number of carbonyl (C=O) groups is 2. The molecule has 0 heterocycles. The Balaban J connectivity index is 2.05. The number of nitrogens with zero attached hydrogens (tertiary/aromatic N) is 2. The molecule has 28 heavy (non-hydrogen) atoms. The lowest BCUT2D eigenvalue weighted by Gasteiger charge is -2.21. The van der Waals surface area contributed by atoms with Gasteiger partial charge in [0.1, 0.15) is 0 Å². The van der Waals surface area contributed by atoms with Crippen LogP contribution in [0.15, 0.2) is 53.4 Å². The van der Waals surface area contributed by atoms with Gasteiger partial charge in [0, 0.05) is 42.7 Å². The summed E-state index contributed by atoms with van der Waals surface area (Å²) in [6, 6.07) is 13.5.